The first kappa shape index (κ1) is 16.8. The van der Waals surface area contributed by atoms with E-state index in [2.05, 4.69) is 0 Å². The molecule has 2 saturated heterocycles. The van der Waals surface area contributed by atoms with Crippen molar-refractivity contribution in [2.75, 3.05) is 19.6 Å². The van der Waals surface area contributed by atoms with Crippen LogP contribution in [0.15, 0.2) is 18.2 Å². The van der Waals surface area contributed by atoms with Crippen LogP contribution >= 0.6 is 0 Å². The first-order chi connectivity index (χ1) is 11.5. The van der Waals surface area contributed by atoms with Crippen LogP contribution in [0.3, 0.4) is 0 Å². The number of rotatable bonds is 4. The summed E-state index contributed by atoms with van der Waals surface area (Å²) in [6.07, 6.45) is 0.830. The third-order valence-electron chi connectivity index (χ3n) is 4.68. The van der Waals surface area contributed by atoms with Gasteiger partial charge in [-0.2, -0.15) is 0 Å². The van der Waals surface area contributed by atoms with Gasteiger partial charge in [-0.1, -0.05) is 0 Å². The Balaban J connectivity index is 1.71. The van der Waals surface area contributed by atoms with E-state index in [0.717, 1.165) is 24.6 Å². The summed E-state index contributed by atoms with van der Waals surface area (Å²) in [6, 6.07) is 2.44. The Labute approximate surface area is 138 Å². The topological polar surface area (TPSA) is 60.9 Å². The van der Waals surface area contributed by atoms with E-state index < -0.39 is 23.8 Å². The molecule has 2 amide bonds. The van der Waals surface area contributed by atoms with Crippen molar-refractivity contribution in [3.05, 3.63) is 35.4 Å². The minimum atomic E-state index is -0.768. The van der Waals surface area contributed by atoms with Gasteiger partial charge in [-0.05, 0) is 31.0 Å². The van der Waals surface area contributed by atoms with Gasteiger partial charge >= 0.3 is 0 Å². The monoisotopic (exact) mass is 338 g/mol. The third kappa shape index (κ3) is 3.40. The number of hydrogen-bond donors (Lipinski definition) is 1. The van der Waals surface area contributed by atoms with Crippen LogP contribution in [0.5, 0.6) is 0 Å². The maximum absolute atomic E-state index is 14.0. The Morgan fingerprint density at radius 2 is 2.12 bits per heavy atom. The second-order valence-electron chi connectivity index (χ2n) is 6.35. The number of nitrogens with zero attached hydrogens (tertiary/aromatic N) is 2. The molecule has 1 aromatic rings. The van der Waals surface area contributed by atoms with E-state index in [1.165, 1.54) is 4.90 Å². The average molecular weight is 338 g/mol. The number of halogens is 2. The van der Waals surface area contributed by atoms with Gasteiger partial charge in [0.15, 0.2) is 0 Å². The summed E-state index contributed by atoms with van der Waals surface area (Å²) in [5.74, 6) is -1.40. The Morgan fingerprint density at radius 1 is 1.33 bits per heavy atom. The summed E-state index contributed by atoms with van der Waals surface area (Å²) in [6.45, 7) is 1.06. The number of carbonyl (C=O) groups excluding carboxylic acids is 2. The van der Waals surface area contributed by atoms with Crippen LogP contribution in [-0.2, 0) is 9.59 Å². The van der Waals surface area contributed by atoms with Gasteiger partial charge in [0.2, 0.25) is 11.8 Å². The summed E-state index contributed by atoms with van der Waals surface area (Å²) in [4.78, 5) is 27.1. The molecule has 3 rings (SSSR count). The minimum Gasteiger partial charge on any atom is -0.391 e. The second kappa shape index (κ2) is 6.84. The molecule has 0 bridgehead atoms. The Bertz CT molecular complexity index is 653. The molecule has 2 aliphatic heterocycles. The summed E-state index contributed by atoms with van der Waals surface area (Å²) in [5.41, 5.74) is 0.0807. The molecule has 1 aromatic carbocycles. The predicted molar refractivity (Wildman–Crippen MR) is 81.9 cm³/mol. The Morgan fingerprint density at radius 3 is 2.83 bits per heavy atom. The molecule has 2 aliphatic rings. The lowest BCUT2D eigenvalue weighted by atomic mass is 10.0. The van der Waals surface area contributed by atoms with Crippen molar-refractivity contribution in [3.8, 4) is 0 Å². The number of β-amino-alcohol motifs (C(OH)–C–C–N with tert-alkyl or cyclic N) is 1. The highest BCUT2D eigenvalue weighted by atomic mass is 19.1. The quantitative estimate of drug-likeness (QED) is 0.907. The number of benzene rings is 1. The number of aliphatic hydroxyl groups excluding tert-OH is 1. The van der Waals surface area contributed by atoms with Crippen molar-refractivity contribution >= 4 is 11.8 Å². The highest BCUT2D eigenvalue weighted by Gasteiger charge is 2.37. The lowest BCUT2D eigenvalue weighted by Crippen LogP contribution is -2.35. The van der Waals surface area contributed by atoms with Gasteiger partial charge in [-0.25, -0.2) is 8.78 Å². The zero-order chi connectivity index (χ0) is 17.3. The van der Waals surface area contributed by atoms with Crippen molar-refractivity contribution in [1.29, 1.82) is 0 Å². The van der Waals surface area contributed by atoms with E-state index in [9.17, 15) is 23.5 Å². The Hall–Kier alpha value is -2.02. The molecule has 0 radical (unpaired) electrons. The first-order valence-corrected chi connectivity index (χ1v) is 8.16. The molecule has 0 saturated carbocycles. The summed E-state index contributed by atoms with van der Waals surface area (Å²) < 4.78 is 27.5. The fourth-order valence-corrected chi connectivity index (χ4v) is 3.47. The molecule has 0 aromatic heterocycles. The van der Waals surface area contributed by atoms with Crippen LogP contribution in [0, 0.1) is 11.6 Å². The third-order valence-corrected chi connectivity index (χ3v) is 4.68. The van der Waals surface area contributed by atoms with Crippen molar-refractivity contribution in [3.63, 3.8) is 0 Å². The van der Waals surface area contributed by atoms with Gasteiger partial charge in [0.25, 0.3) is 0 Å². The van der Waals surface area contributed by atoms with E-state index >= 15 is 0 Å². The van der Waals surface area contributed by atoms with E-state index in [0.29, 0.717) is 19.5 Å². The molecular weight excluding hydrogens is 318 g/mol. The van der Waals surface area contributed by atoms with Crippen LogP contribution in [0.25, 0.3) is 0 Å². The van der Waals surface area contributed by atoms with Gasteiger partial charge in [0, 0.05) is 38.0 Å². The molecule has 2 atom stereocenters. The van der Waals surface area contributed by atoms with Crippen LogP contribution in [0.4, 0.5) is 8.78 Å². The van der Waals surface area contributed by atoms with E-state index in [1.54, 1.807) is 4.90 Å². The van der Waals surface area contributed by atoms with Crippen molar-refractivity contribution in [2.45, 2.75) is 37.8 Å². The normalized spacial score (nSPS) is 24.0. The molecule has 24 heavy (non-hydrogen) atoms. The van der Waals surface area contributed by atoms with Crippen LogP contribution in [0.2, 0.25) is 0 Å². The van der Waals surface area contributed by atoms with Gasteiger partial charge in [0.05, 0.1) is 12.1 Å². The molecule has 2 unspecified atom stereocenters. The van der Waals surface area contributed by atoms with Gasteiger partial charge < -0.3 is 14.9 Å². The SMILES string of the molecule is O=C1CCCN1CCC(=O)N1CC(O)CC1c1cc(F)ccc1F. The second-order valence-corrected chi connectivity index (χ2v) is 6.35. The summed E-state index contributed by atoms with van der Waals surface area (Å²) in [7, 11) is 0. The number of carbonyl (C=O) groups is 2. The molecule has 0 spiro atoms. The fraction of sp³-hybridized carbons (Fsp3) is 0.529. The standard InChI is InChI=1S/C17H20F2N2O3/c18-11-3-4-14(19)13(8-11)15-9-12(22)10-21(15)17(24)5-7-20-6-1-2-16(20)23/h3-4,8,12,15,22H,1-2,5-7,9-10H2. The molecule has 5 nitrogen and oxygen atoms in total. The van der Waals surface area contributed by atoms with Gasteiger partial charge in [-0.3, -0.25) is 9.59 Å². The molecule has 7 heteroatoms. The average Bonchev–Trinajstić information content (AvgIpc) is 3.13. The highest BCUT2D eigenvalue weighted by molar-refractivity contribution is 5.80. The largest absolute Gasteiger partial charge is 0.391 e. The van der Waals surface area contributed by atoms with Crippen molar-refractivity contribution in [2.24, 2.45) is 0 Å². The van der Waals surface area contributed by atoms with Crippen LogP contribution in [0.1, 0.15) is 37.3 Å². The smallest absolute Gasteiger partial charge is 0.224 e. The molecule has 0 aliphatic carbocycles. The molecule has 1 N–H and O–H groups in total. The van der Waals surface area contributed by atoms with Gasteiger partial charge in [0.1, 0.15) is 11.6 Å². The predicted octanol–water partition coefficient (Wildman–Crippen LogP) is 1.61. The van der Waals surface area contributed by atoms with E-state index in [1.807, 2.05) is 0 Å². The maximum atomic E-state index is 14.0. The van der Waals surface area contributed by atoms with E-state index in [-0.39, 0.29) is 36.8 Å². The molecular formula is C17H20F2N2O3. The number of aliphatic hydroxyl groups is 1. The number of amides is 2. The molecule has 2 heterocycles. The fourth-order valence-electron chi connectivity index (χ4n) is 3.47. The lowest BCUT2D eigenvalue weighted by Gasteiger charge is -2.26. The van der Waals surface area contributed by atoms with Crippen LogP contribution in [-0.4, -0.2) is 52.5 Å². The minimum absolute atomic E-state index is 0.0389. The molecule has 130 valence electrons. The van der Waals surface area contributed by atoms with E-state index in [4.69, 9.17) is 0 Å². The zero-order valence-corrected chi connectivity index (χ0v) is 13.3. The van der Waals surface area contributed by atoms with Crippen LogP contribution < -0.4 is 0 Å². The van der Waals surface area contributed by atoms with Gasteiger partial charge in [-0.15, -0.1) is 0 Å². The molecule has 2 fully saturated rings. The number of hydrogen-bond acceptors (Lipinski definition) is 3. The lowest BCUT2D eigenvalue weighted by molar-refractivity contribution is -0.134. The van der Waals surface area contributed by atoms with Crippen molar-refractivity contribution in [1.82, 2.24) is 9.80 Å². The number of likely N-dealkylation sites (tertiary alicyclic amines) is 2. The first-order valence-electron chi connectivity index (χ1n) is 8.16. The maximum Gasteiger partial charge on any atom is 0.224 e. The summed E-state index contributed by atoms with van der Waals surface area (Å²) >= 11 is 0. The summed E-state index contributed by atoms with van der Waals surface area (Å²) in [5, 5.41) is 9.89. The highest BCUT2D eigenvalue weighted by Crippen LogP contribution is 2.34. The zero-order valence-electron chi connectivity index (χ0n) is 13.3. The Kier molecular flexibility index (Phi) is 4.80. The van der Waals surface area contributed by atoms with Crippen molar-refractivity contribution < 1.29 is 23.5 Å².